The van der Waals surface area contributed by atoms with Gasteiger partial charge in [-0.15, -0.1) is 0 Å². The summed E-state index contributed by atoms with van der Waals surface area (Å²) in [7, 11) is 1.48. The molecule has 0 fully saturated rings. The maximum Gasteiger partial charge on any atom is 0.308 e. The number of hydrogen-bond acceptors (Lipinski definition) is 5. The van der Waals surface area contributed by atoms with Crippen LogP contribution in [0.15, 0.2) is 48.7 Å². The SMILES string of the molecule is CCc1cccc2c(C(=O)COC(=O)CCNC(=O)c3ccccc3OC)c[nH]c12. The van der Waals surface area contributed by atoms with Crippen molar-refractivity contribution in [2.45, 2.75) is 19.8 Å². The van der Waals surface area contributed by atoms with E-state index >= 15 is 0 Å². The van der Waals surface area contributed by atoms with Crippen molar-refractivity contribution in [1.82, 2.24) is 10.3 Å². The van der Waals surface area contributed by atoms with Crippen LogP contribution in [0.5, 0.6) is 5.75 Å². The van der Waals surface area contributed by atoms with E-state index < -0.39 is 5.97 Å². The number of methoxy groups -OCH3 is 1. The van der Waals surface area contributed by atoms with Gasteiger partial charge < -0.3 is 19.8 Å². The first-order chi connectivity index (χ1) is 14.5. The van der Waals surface area contributed by atoms with Crippen LogP contribution in [0.4, 0.5) is 0 Å². The van der Waals surface area contributed by atoms with Crippen molar-refractivity contribution in [1.29, 1.82) is 0 Å². The summed E-state index contributed by atoms with van der Waals surface area (Å²) in [5.41, 5.74) is 2.93. The first-order valence-corrected chi connectivity index (χ1v) is 9.74. The van der Waals surface area contributed by atoms with E-state index in [1.807, 2.05) is 25.1 Å². The Balaban J connectivity index is 1.49. The minimum atomic E-state index is -0.558. The Bertz CT molecular complexity index is 1070. The third kappa shape index (κ3) is 4.68. The van der Waals surface area contributed by atoms with Crippen LogP contribution < -0.4 is 10.1 Å². The fraction of sp³-hybridized carbons (Fsp3) is 0.261. The lowest BCUT2D eigenvalue weighted by atomic mass is 10.1. The van der Waals surface area contributed by atoms with E-state index in [2.05, 4.69) is 10.3 Å². The Morgan fingerprint density at radius 1 is 1.03 bits per heavy atom. The number of rotatable bonds is 9. The number of ether oxygens (including phenoxy) is 2. The number of esters is 1. The molecule has 0 atom stereocenters. The molecule has 0 spiro atoms. The molecule has 1 aromatic heterocycles. The Labute approximate surface area is 174 Å². The van der Waals surface area contributed by atoms with E-state index in [0.717, 1.165) is 22.9 Å². The van der Waals surface area contributed by atoms with Gasteiger partial charge in [0.2, 0.25) is 5.78 Å². The number of hydrogen-bond donors (Lipinski definition) is 2. The molecule has 3 rings (SSSR count). The number of amides is 1. The fourth-order valence-corrected chi connectivity index (χ4v) is 3.24. The highest BCUT2D eigenvalue weighted by Crippen LogP contribution is 2.22. The lowest BCUT2D eigenvalue weighted by molar-refractivity contribution is -0.142. The predicted octanol–water partition coefficient (Wildman–Crippen LogP) is 3.28. The average molecular weight is 408 g/mol. The number of benzene rings is 2. The van der Waals surface area contributed by atoms with Crippen molar-refractivity contribution in [2.75, 3.05) is 20.3 Å². The lowest BCUT2D eigenvalue weighted by Gasteiger charge is -2.09. The second-order valence-electron chi connectivity index (χ2n) is 6.69. The summed E-state index contributed by atoms with van der Waals surface area (Å²) >= 11 is 0. The molecule has 2 aromatic carbocycles. The second-order valence-corrected chi connectivity index (χ2v) is 6.69. The molecule has 0 saturated carbocycles. The van der Waals surface area contributed by atoms with Crippen LogP contribution in [0.3, 0.4) is 0 Å². The second kappa shape index (κ2) is 9.73. The fourth-order valence-electron chi connectivity index (χ4n) is 3.24. The number of aryl methyl sites for hydroxylation is 1. The molecule has 1 heterocycles. The first-order valence-electron chi connectivity index (χ1n) is 9.74. The van der Waals surface area contributed by atoms with Crippen molar-refractivity contribution < 1.29 is 23.9 Å². The molecule has 0 unspecified atom stereocenters. The molecule has 30 heavy (non-hydrogen) atoms. The van der Waals surface area contributed by atoms with E-state index in [1.165, 1.54) is 7.11 Å². The monoisotopic (exact) mass is 408 g/mol. The summed E-state index contributed by atoms with van der Waals surface area (Å²) in [5.74, 6) is -0.728. The van der Waals surface area contributed by atoms with E-state index in [9.17, 15) is 14.4 Å². The Morgan fingerprint density at radius 2 is 1.83 bits per heavy atom. The molecular formula is C23H24N2O5. The number of para-hydroxylation sites is 2. The van der Waals surface area contributed by atoms with Gasteiger partial charge in [0, 0.05) is 29.2 Å². The highest BCUT2D eigenvalue weighted by atomic mass is 16.5. The van der Waals surface area contributed by atoms with Crippen LogP contribution in [0.1, 0.15) is 39.6 Å². The van der Waals surface area contributed by atoms with Crippen LogP contribution in [0.25, 0.3) is 10.9 Å². The predicted molar refractivity (Wildman–Crippen MR) is 113 cm³/mol. The van der Waals surface area contributed by atoms with Gasteiger partial charge in [-0.1, -0.05) is 37.3 Å². The van der Waals surface area contributed by atoms with Crippen molar-refractivity contribution in [3.05, 3.63) is 65.4 Å². The maximum absolute atomic E-state index is 12.5. The zero-order chi connectivity index (χ0) is 21.5. The maximum atomic E-state index is 12.5. The number of ketones is 1. The molecule has 7 heteroatoms. The number of aromatic amines is 1. The zero-order valence-electron chi connectivity index (χ0n) is 17.0. The van der Waals surface area contributed by atoms with E-state index in [0.29, 0.717) is 16.9 Å². The largest absolute Gasteiger partial charge is 0.496 e. The van der Waals surface area contributed by atoms with Gasteiger partial charge in [-0.25, -0.2) is 0 Å². The number of aromatic nitrogens is 1. The molecule has 0 saturated heterocycles. The number of H-pyrrole nitrogens is 1. The number of carbonyl (C=O) groups is 3. The highest BCUT2D eigenvalue weighted by molar-refractivity contribution is 6.09. The molecule has 1 amide bonds. The highest BCUT2D eigenvalue weighted by Gasteiger charge is 2.16. The Morgan fingerprint density at radius 3 is 2.60 bits per heavy atom. The molecule has 0 bridgehead atoms. The van der Waals surface area contributed by atoms with Crippen LogP contribution in [-0.2, 0) is 16.0 Å². The molecule has 156 valence electrons. The third-order valence-corrected chi connectivity index (χ3v) is 4.81. The summed E-state index contributed by atoms with van der Waals surface area (Å²) in [4.78, 5) is 39.8. The lowest BCUT2D eigenvalue weighted by Crippen LogP contribution is -2.27. The summed E-state index contributed by atoms with van der Waals surface area (Å²) < 4.78 is 10.2. The van der Waals surface area contributed by atoms with Crippen LogP contribution in [0, 0.1) is 0 Å². The van der Waals surface area contributed by atoms with Gasteiger partial charge >= 0.3 is 5.97 Å². The van der Waals surface area contributed by atoms with Crippen LogP contribution in [0.2, 0.25) is 0 Å². The van der Waals surface area contributed by atoms with E-state index in [-0.39, 0.29) is 31.3 Å². The molecule has 2 N–H and O–H groups in total. The molecule has 3 aromatic rings. The number of fused-ring (bicyclic) bond motifs is 1. The average Bonchev–Trinajstić information content (AvgIpc) is 3.21. The number of nitrogens with one attached hydrogen (secondary N) is 2. The molecule has 0 aliphatic heterocycles. The Kier molecular flexibility index (Phi) is 6.85. The van der Waals surface area contributed by atoms with Crippen LogP contribution in [-0.4, -0.2) is 42.9 Å². The minimum Gasteiger partial charge on any atom is -0.496 e. The quantitative estimate of drug-likeness (QED) is 0.418. The summed E-state index contributed by atoms with van der Waals surface area (Å²) in [6, 6.07) is 12.6. The molecular weight excluding hydrogens is 384 g/mol. The van der Waals surface area contributed by atoms with Crippen molar-refractivity contribution in [3.63, 3.8) is 0 Å². The topological polar surface area (TPSA) is 97.5 Å². The van der Waals surface area contributed by atoms with Crippen molar-refractivity contribution >= 4 is 28.6 Å². The summed E-state index contributed by atoms with van der Waals surface area (Å²) in [6.07, 6.45) is 2.45. The molecule has 0 aliphatic rings. The smallest absolute Gasteiger partial charge is 0.308 e. The molecule has 0 radical (unpaired) electrons. The Hall–Kier alpha value is -3.61. The van der Waals surface area contributed by atoms with E-state index in [1.54, 1.807) is 30.5 Å². The molecule has 7 nitrogen and oxygen atoms in total. The van der Waals surface area contributed by atoms with Gasteiger partial charge in [0.25, 0.3) is 5.91 Å². The first kappa shape index (κ1) is 21.1. The van der Waals surface area contributed by atoms with Crippen molar-refractivity contribution in [3.8, 4) is 5.75 Å². The summed E-state index contributed by atoms with van der Waals surface area (Å²) in [5, 5.41) is 3.47. The normalized spacial score (nSPS) is 10.6. The van der Waals surface area contributed by atoms with Gasteiger partial charge in [0.1, 0.15) is 5.75 Å². The van der Waals surface area contributed by atoms with Gasteiger partial charge in [0.05, 0.1) is 19.1 Å². The standard InChI is InChI=1S/C23H24N2O5/c1-3-15-7-6-9-16-18(13-25-22(15)16)19(26)14-30-21(27)11-12-24-23(28)17-8-4-5-10-20(17)29-2/h4-10,13,25H,3,11-12,14H2,1-2H3,(H,24,28). The number of Topliss-reactive ketones (excluding diaryl/α,β-unsaturated/α-hetero) is 1. The number of carbonyl (C=O) groups excluding carboxylic acids is 3. The van der Waals surface area contributed by atoms with Gasteiger partial charge in [-0.3, -0.25) is 14.4 Å². The van der Waals surface area contributed by atoms with Crippen molar-refractivity contribution in [2.24, 2.45) is 0 Å². The van der Waals surface area contributed by atoms with E-state index in [4.69, 9.17) is 9.47 Å². The third-order valence-electron chi connectivity index (χ3n) is 4.81. The summed E-state index contributed by atoms with van der Waals surface area (Å²) in [6.45, 7) is 1.80. The molecule has 0 aliphatic carbocycles. The minimum absolute atomic E-state index is 0.0396. The van der Waals surface area contributed by atoms with Crippen LogP contribution >= 0.6 is 0 Å². The zero-order valence-corrected chi connectivity index (χ0v) is 17.0. The van der Waals surface area contributed by atoms with Gasteiger partial charge in [-0.2, -0.15) is 0 Å². The van der Waals surface area contributed by atoms with Gasteiger partial charge in [0.15, 0.2) is 6.61 Å². The van der Waals surface area contributed by atoms with Gasteiger partial charge in [-0.05, 0) is 24.1 Å².